The first-order valence-corrected chi connectivity index (χ1v) is 24.2. The summed E-state index contributed by atoms with van der Waals surface area (Å²) in [5, 5.41) is 2.54. The third-order valence-corrected chi connectivity index (χ3v) is 16.4. The van der Waals surface area contributed by atoms with Crippen LogP contribution in [-0.4, -0.2) is 4.57 Å². The van der Waals surface area contributed by atoms with E-state index in [1.165, 1.54) is 98.4 Å². The smallest absolute Gasteiger partial charge is 0.0541 e. The van der Waals surface area contributed by atoms with Gasteiger partial charge in [-0.15, -0.1) is 0 Å². The van der Waals surface area contributed by atoms with Gasteiger partial charge in [0.25, 0.3) is 0 Å². The van der Waals surface area contributed by atoms with E-state index in [0.29, 0.717) is 0 Å². The molecule has 0 aliphatic heterocycles. The van der Waals surface area contributed by atoms with Crippen molar-refractivity contribution >= 4 is 38.9 Å². The van der Waals surface area contributed by atoms with E-state index in [2.05, 4.69) is 228 Å². The minimum absolute atomic E-state index is 0.186. The van der Waals surface area contributed by atoms with Crippen LogP contribution in [0.1, 0.15) is 43.2 Å². The van der Waals surface area contributed by atoms with Crippen molar-refractivity contribution in [3.8, 4) is 50.2 Å². The van der Waals surface area contributed by atoms with E-state index in [-0.39, 0.29) is 5.41 Å². The summed E-state index contributed by atoms with van der Waals surface area (Å²) >= 11 is 0. The lowest BCUT2D eigenvalue weighted by Gasteiger charge is -2.61. The number of aromatic nitrogens is 1. The summed E-state index contributed by atoms with van der Waals surface area (Å²) in [7, 11) is 0. The van der Waals surface area contributed by atoms with Crippen LogP contribution < -0.4 is 4.90 Å². The molecule has 4 saturated carbocycles. The van der Waals surface area contributed by atoms with E-state index < -0.39 is 0 Å². The number of anilines is 3. The van der Waals surface area contributed by atoms with Crippen molar-refractivity contribution in [1.82, 2.24) is 4.57 Å². The molecule has 0 N–H and O–H groups in total. The first-order chi connectivity index (χ1) is 32.7. The van der Waals surface area contributed by atoms with Crippen molar-refractivity contribution in [1.29, 1.82) is 0 Å². The Kier molecular flexibility index (Phi) is 8.50. The van der Waals surface area contributed by atoms with Crippen LogP contribution in [0, 0.1) is 23.7 Å². The maximum absolute atomic E-state index is 2.55. The SMILES string of the molecule is c1ccc(-c2ccc(N(c3ccc(-c4ccc5c(c4)-c4ccccc4C54C5CC6CC(C5)CC4C6)cc3)c3ccc(-n4c5ccccc5c5ccccc54)cc3)c(-c3ccccc3)c2)cc1. The van der Waals surface area contributed by atoms with Crippen LogP contribution in [0.25, 0.3) is 72.0 Å². The van der Waals surface area contributed by atoms with Gasteiger partial charge >= 0.3 is 0 Å². The molecule has 0 unspecified atom stereocenters. The highest BCUT2D eigenvalue weighted by Gasteiger charge is 2.61. The highest BCUT2D eigenvalue weighted by molar-refractivity contribution is 6.09. The zero-order valence-electron chi connectivity index (χ0n) is 37.0. The summed E-state index contributed by atoms with van der Waals surface area (Å²) in [4.78, 5) is 2.45. The predicted molar refractivity (Wildman–Crippen MR) is 275 cm³/mol. The molecule has 1 heterocycles. The van der Waals surface area contributed by atoms with Crippen LogP contribution in [-0.2, 0) is 5.41 Å². The molecule has 0 saturated heterocycles. The van der Waals surface area contributed by atoms with Gasteiger partial charge in [0.2, 0.25) is 0 Å². The summed E-state index contributed by atoms with van der Waals surface area (Å²) in [6.45, 7) is 0. The molecule has 4 fully saturated rings. The van der Waals surface area contributed by atoms with Crippen LogP contribution in [0.15, 0.2) is 218 Å². The molecule has 4 bridgehead atoms. The van der Waals surface area contributed by atoms with Crippen molar-refractivity contribution in [3.63, 3.8) is 0 Å². The number of rotatable bonds is 7. The lowest BCUT2D eigenvalue weighted by molar-refractivity contribution is -0.0399. The second kappa shape index (κ2) is 14.8. The molecule has 66 heavy (non-hydrogen) atoms. The van der Waals surface area contributed by atoms with Crippen LogP contribution >= 0.6 is 0 Å². The monoisotopic (exact) mass is 846 g/mol. The van der Waals surface area contributed by atoms with E-state index in [0.717, 1.165) is 46.4 Å². The lowest BCUT2D eigenvalue weighted by atomic mass is 9.43. The maximum Gasteiger partial charge on any atom is 0.0541 e. The number of para-hydroxylation sites is 2. The van der Waals surface area contributed by atoms with Gasteiger partial charge in [-0.2, -0.15) is 0 Å². The van der Waals surface area contributed by atoms with Gasteiger partial charge in [0.05, 0.1) is 16.7 Å². The molecule has 9 aromatic carbocycles. The molecule has 0 amide bonds. The van der Waals surface area contributed by atoms with Crippen molar-refractivity contribution < 1.29 is 0 Å². The molecule has 5 aliphatic carbocycles. The average molecular weight is 847 g/mol. The quantitative estimate of drug-likeness (QED) is 0.155. The Hall–Kier alpha value is -7.42. The third-order valence-electron chi connectivity index (χ3n) is 16.4. The minimum atomic E-state index is 0.186. The Bertz CT molecular complexity index is 3390. The maximum atomic E-state index is 2.55. The van der Waals surface area contributed by atoms with Gasteiger partial charge < -0.3 is 9.47 Å². The Morgan fingerprint density at radius 3 is 1.50 bits per heavy atom. The summed E-state index contributed by atoms with van der Waals surface area (Å²) in [6.07, 6.45) is 7.11. The molecule has 0 radical (unpaired) electrons. The standard InChI is InChI=1S/C64H50N2/c1-3-13-44(14-4-1)48-26-34-63(57(40-48)46-15-5-2-6-16-46)65(52-29-31-53(32-30-52)66-61-21-11-8-18-55(61)56-19-9-12-22-62(56)66)51-27-23-45(24-28-51)47-25-33-60-58(41-47)54-17-7-10-20-59(54)64(60)49-36-42-35-43(38-49)39-50(64)37-42/h1-34,40-43,49-50H,35-39H2. The van der Waals surface area contributed by atoms with Gasteiger partial charge in [-0.25, -0.2) is 0 Å². The highest BCUT2D eigenvalue weighted by Crippen LogP contribution is 2.69. The van der Waals surface area contributed by atoms with E-state index in [4.69, 9.17) is 0 Å². The summed E-state index contributed by atoms with van der Waals surface area (Å²) < 4.78 is 2.40. The van der Waals surface area contributed by atoms with Gasteiger partial charge in [-0.05, 0) is 173 Å². The molecule has 1 aromatic heterocycles. The fraction of sp³-hybridized carbons (Fsp3) is 0.156. The lowest BCUT2D eigenvalue weighted by Crippen LogP contribution is -2.55. The highest BCUT2D eigenvalue weighted by atomic mass is 15.1. The van der Waals surface area contributed by atoms with Crippen LogP contribution in [0.2, 0.25) is 0 Å². The van der Waals surface area contributed by atoms with E-state index in [9.17, 15) is 0 Å². The molecule has 0 atom stereocenters. The third kappa shape index (κ3) is 5.67. The summed E-state index contributed by atoms with van der Waals surface area (Å²) in [5.74, 6) is 3.42. The fourth-order valence-electron chi connectivity index (χ4n) is 13.9. The zero-order valence-corrected chi connectivity index (χ0v) is 37.0. The van der Waals surface area contributed by atoms with Crippen molar-refractivity contribution in [3.05, 3.63) is 230 Å². The Balaban J connectivity index is 0.895. The Morgan fingerprint density at radius 2 is 0.848 bits per heavy atom. The number of hydrogen-bond acceptors (Lipinski definition) is 1. The van der Waals surface area contributed by atoms with Gasteiger partial charge in [0.1, 0.15) is 0 Å². The van der Waals surface area contributed by atoms with Crippen molar-refractivity contribution in [2.75, 3.05) is 4.90 Å². The molecule has 15 rings (SSSR count). The van der Waals surface area contributed by atoms with E-state index >= 15 is 0 Å². The first-order valence-electron chi connectivity index (χ1n) is 24.2. The largest absolute Gasteiger partial charge is 0.310 e. The minimum Gasteiger partial charge on any atom is -0.310 e. The molecule has 1 spiro atoms. The Morgan fingerprint density at radius 1 is 0.364 bits per heavy atom. The van der Waals surface area contributed by atoms with Gasteiger partial charge in [0, 0.05) is 38.8 Å². The van der Waals surface area contributed by atoms with E-state index in [1.807, 2.05) is 0 Å². The fourth-order valence-corrected chi connectivity index (χ4v) is 13.9. The van der Waals surface area contributed by atoms with Crippen molar-refractivity contribution in [2.24, 2.45) is 23.7 Å². The van der Waals surface area contributed by atoms with Gasteiger partial charge in [-0.1, -0.05) is 152 Å². The number of nitrogens with zero attached hydrogens (tertiary/aromatic N) is 2. The molecule has 10 aromatic rings. The van der Waals surface area contributed by atoms with Crippen LogP contribution in [0.5, 0.6) is 0 Å². The van der Waals surface area contributed by atoms with Crippen LogP contribution in [0.4, 0.5) is 17.1 Å². The Labute approximate surface area is 387 Å². The topological polar surface area (TPSA) is 8.17 Å². The summed E-state index contributed by atoms with van der Waals surface area (Å²) in [6, 6.07) is 81.6. The van der Waals surface area contributed by atoms with Crippen LogP contribution in [0.3, 0.4) is 0 Å². The molecule has 316 valence electrons. The molecule has 2 nitrogen and oxygen atoms in total. The van der Waals surface area contributed by atoms with Gasteiger partial charge in [-0.3, -0.25) is 0 Å². The van der Waals surface area contributed by atoms with Crippen molar-refractivity contribution in [2.45, 2.75) is 37.5 Å². The number of fused-ring (bicyclic) bond motifs is 6. The molecule has 5 aliphatic rings. The molecule has 2 heteroatoms. The number of benzene rings is 9. The normalized spacial score (nSPS) is 21.1. The first kappa shape index (κ1) is 37.9. The van der Waals surface area contributed by atoms with Gasteiger partial charge in [0.15, 0.2) is 0 Å². The second-order valence-electron chi connectivity index (χ2n) is 19.7. The molecular weight excluding hydrogens is 797 g/mol. The summed E-state index contributed by atoms with van der Waals surface area (Å²) in [5.41, 5.74) is 20.6. The number of hydrogen-bond donors (Lipinski definition) is 0. The molecular formula is C64H50N2. The zero-order chi connectivity index (χ0) is 43.3. The second-order valence-corrected chi connectivity index (χ2v) is 19.7. The predicted octanol–water partition coefficient (Wildman–Crippen LogP) is 17.0. The van der Waals surface area contributed by atoms with E-state index in [1.54, 1.807) is 11.1 Å². The average Bonchev–Trinajstić information content (AvgIpc) is 3.87.